The summed E-state index contributed by atoms with van der Waals surface area (Å²) in [5, 5.41) is 7.90. The lowest BCUT2D eigenvalue weighted by molar-refractivity contribution is -0.154. The van der Waals surface area contributed by atoms with Crippen LogP contribution in [0.15, 0.2) is 28.9 Å². The fourth-order valence-electron chi connectivity index (χ4n) is 3.25. The van der Waals surface area contributed by atoms with E-state index in [4.69, 9.17) is 4.42 Å². The molecule has 0 amide bonds. The molecule has 0 unspecified atom stereocenters. The van der Waals surface area contributed by atoms with E-state index in [2.05, 4.69) is 15.4 Å². The Morgan fingerprint density at radius 1 is 1.25 bits per heavy atom. The van der Waals surface area contributed by atoms with Crippen LogP contribution in [0.3, 0.4) is 0 Å². The quantitative estimate of drug-likeness (QED) is 0.671. The minimum atomic E-state index is -4.53. The SMILES string of the molecule is Cc1cc(Cn2ccnc2-c2cc3n(n2)CCCNC3)c(C(F)(F)F)o1.Cl.Cl. The van der Waals surface area contributed by atoms with Crippen molar-refractivity contribution in [2.75, 3.05) is 6.54 Å². The molecule has 11 heteroatoms. The second-order valence-electron chi connectivity index (χ2n) is 6.36. The molecule has 6 nitrogen and oxygen atoms in total. The van der Waals surface area contributed by atoms with Gasteiger partial charge in [-0.25, -0.2) is 4.98 Å². The van der Waals surface area contributed by atoms with E-state index in [0.29, 0.717) is 18.1 Å². The third-order valence-corrected chi connectivity index (χ3v) is 4.37. The summed E-state index contributed by atoms with van der Waals surface area (Å²) in [6, 6.07) is 3.35. The first-order valence-electron chi connectivity index (χ1n) is 8.37. The summed E-state index contributed by atoms with van der Waals surface area (Å²) in [6.07, 6.45) is -0.327. The summed E-state index contributed by atoms with van der Waals surface area (Å²) in [4.78, 5) is 4.30. The molecule has 4 rings (SSSR count). The van der Waals surface area contributed by atoms with Gasteiger partial charge in [0.1, 0.15) is 11.5 Å². The van der Waals surface area contributed by atoms with Crippen LogP contribution in [0, 0.1) is 6.92 Å². The molecule has 0 fully saturated rings. The Morgan fingerprint density at radius 3 is 2.79 bits per heavy atom. The van der Waals surface area contributed by atoms with Gasteiger partial charge in [-0.3, -0.25) is 4.68 Å². The van der Waals surface area contributed by atoms with Crippen molar-refractivity contribution in [1.29, 1.82) is 0 Å². The molecule has 1 N–H and O–H groups in total. The Balaban J connectivity index is 0.00000140. The van der Waals surface area contributed by atoms with Crippen LogP contribution in [-0.4, -0.2) is 25.9 Å². The van der Waals surface area contributed by atoms with Crippen LogP contribution in [0.25, 0.3) is 11.5 Å². The fourth-order valence-corrected chi connectivity index (χ4v) is 3.25. The van der Waals surface area contributed by atoms with E-state index in [9.17, 15) is 13.2 Å². The number of hydrogen-bond acceptors (Lipinski definition) is 4. The molecule has 4 heterocycles. The zero-order chi connectivity index (χ0) is 18.3. The summed E-state index contributed by atoms with van der Waals surface area (Å²) >= 11 is 0. The summed E-state index contributed by atoms with van der Waals surface area (Å²) in [6.45, 7) is 3.98. The number of fused-ring (bicyclic) bond motifs is 1. The van der Waals surface area contributed by atoms with Gasteiger partial charge in [-0.2, -0.15) is 18.3 Å². The molecule has 0 bridgehead atoms. The monoisotopic (exact) mass is 437 g/mol. The van der Waals surface area contributed by atoms with E-state index in [1.54, 1.807) is 17.0 Å². The van der Waals surface area contributed by atoms with Crippen molar-refractivity contribution in [3.05, 3.63) is 47.3 Å². The van der Waals surface area contributed by atoms with Crippen molar-refractivity contribution in [3.63, 3.8) is 0 Å². The van der Waals surface area contributed by atoms with Crippen LogP contribution in [-0.2, 0) is 25.8 Å². The van der Waals surface area contributed by atoms with Gasteiger partial charge in [-0.05, 0) is 32.0 Å². The zero-order valence-corrected chi connectivity index (χ0v) is 16.6. The minimum Gasteiger partial charge on any atom is -0.456 e. The maximum Gasteiger partial charge on any atom is 0.449 e. The highest BCUT2D eigenvalue weighted by Crippen LogP contribution is 2.35. The van der Waals surface area contributed by atoms with Crippen molar-refractivity contribution in [2.45, 2.75) is 39.2 Å². The minimum absolute atomic E-state index is 0. The molecule has 0 aromatic carbocycles. The molecule has 0 spiro atoms. The highest BCUT2D eigenvalue weighted by Gasteiger charge is 2.38. The smallest absolute Gasteiger partial charge is 0.449 e. The molecule has 0 aliphatic carbocycles. The molecular weight excluding hydrogens is 418 g/mol. The topological polar surface area (TPSA) is 60.8 Å². The van der Waals surface area contributed by atoms with Gasteiger partial charge in [0, 0.05) is 31.0 Å². The number of halogens is 5. The number of nitrogens with one attached hydrogen (secondary N) is 1. The van der Waals surface area contributed by atoms with Gasteiger partial charge >= 0.3 is 6.18 Å². The normalized spacial score (nSPS) is 14.0. The average molecular weight is 438 g/mol. The first-order valence-corrected chi connectivity index (χ1v) is 8.37. The Morgan fingerprint density at radius 2 is 2.04 bits per heavy atom. The third kappa shape index (κ3) is 4.37. The van der Waals surface area contributed by atoms with Crippen LogP contribution in [0.2, 0.25) is 0 Å². The number of furan rings is 1. The number of hydrogen-bond donors (Lipinski definition) is 1. The van der Waals surface area contributed by atoms with E-state index in [0.717, 1.165) is 25.2 Å². The number of nitrogens with zero attached hydrogens (tertiary/aromatic N) is 4. The number of aromatic nitrogens is 4. The second kappa shape index (κ2) is 8.59. The Kier molecular flexibility index (Phi) is 6.84. The lowest BCUT2D eigenvalue weighted by Gasteiger charge is -2.08. The van der Waals surface area contributed by atoms with E-state index in [1.807, 2.05) is 10.7 Å². The largest absolute Gasteiger partial charge is 0.456 e. The second-order valence-corrected chi connectivity index (χ2v) is 6.36. The van der Waals surface area contributed by atoms with Gasteiger partial charge in [-0.15, -0.1) is 24.8 Å². The molecule has 28 heavy (non-hydrogen) atoms. The average Bonchev–Trinajstić information content (AvgIpc) is 3.23. The Labute approximate surface area is 171 Å². The van der Waals surface area contributed by atoms with Crippen LogP contribution in [0.4, 0.5) is 13.2 Å². The molecule has 1 aliphatic rings. The zero-order valence-electron chi connectivity index (χ0n) is 15.0. The van der Waals surface area contributed by atoms with Crippen LogP contribution < -0.4 is 5.32 Å². The van der Waals surface area contributed by atoms with Gasteiger partial charge in [0.25, 0.3) is 0 Å². The molecule has 3 aromatic rings. The van der Waals surface area contributed by atoms with Crippen LogP contribution >= 0.6 is 24.8 Å². The molecule has 0 atom stereocenters. The summed E-state index contributed by atoms with van der Waals surface area (Å²) in [5.41, 5.74) is 1.78. The van der Waals surface area contributed by atoms with Gasteiger partial charge in [0.15, 0.2) is 5.82 Å². The lowest BCUT2D eigenvalue weighted by atomic mass is 10.2. The van der Waals surface area contributed by atoms with Crippen molar-refractivity contribution >= 4 is 24.8 Å². The van der Waals surface area contributed by atoms with Crippen LogP contribution in [0.5, 0.6) is 0 Å². The van der Waals surface area contributed by atoms with Crippen molar-refractivity contribution in [1.82, 2.24) is 24.6 Å². The van der Waals surface area contributed by atoms with Gasteiger partial charge in [0.05, 0.1) is 12.2 Å². The summed E-state index contributed by atoms with van der Waals surface area (Å²) in [5.74, 6) is -0.189. The van der Waals surface area contributed by atoms with Crippen molar-refractivity contribution in [2.24, 2.45) is 0 Å². The first kappa shape index (κ1) is 22.3. The molecule has 1 aliphatic heterocycles. The van der Waals surface area contributed by atoms with E-state index in [-0.39, 0.29) is 42.7 Å². The standard InChI is InChI=1S/C17H18F3N5O.2ClH/c1-11-7-12(15(26-11)17(18,19)20)10-24-6-4-22-16(24)14-8-13-9-21-3-2-5-25(13)23-14;;/h4,6-8,21H,2-3,5,9-10H2,1H3;2*1H. The van der Waals surface area contributed by atoms with E-state index < -0.39 is 11.9 Å². The van der Waals surface area contributed by atoms with E-state index in [1.165, 1.54) is 13.0 Å². The highest BCUT2D eigenvalue weighted by molar-refractivity contribution is 5.85. The molecule has 0 saturated heterocycles. The fraction of sp³-hybridized carbons (Fsp3) is 0.412. The number of alkyl halides is 3. The van der Waals surface area contributed by atoms with Gasteiger partial charge in [0.2, 0.25) is 5.76 Å². The molecule has 154 valence electrons. The molecule has 3 aromatic heterocycles. The number of imidazole rings is 1. The lowest BCUT2D eigenvalue weighted by Crippen LogP contribution is -2.11. The predicted molar refractivity (Wildman–Crippen MR) is 102 cm³/mol. The first-order chi connectivity index (χ1) is 12.4. The van der Waals surface area contributed by atoms with Crippen molar-refractivity contribution < 1.29 is 17.6 Å². The Bertz CT molecular complexity index is 908. The maximum atomic E-state index is 13.2. The van der Waals surface area contributed by atoms with E-state index >= 15 is 0 Å². The van der Waals surface area contributed by atoms with Crippen LogP contribution in [0.1, 0.15) is 29.2 Å². The number of rotatable bonds is 3. The van der Waals surface area contributed by atoms with Gasteiger partial charge < -0.3 is 14.3 Å². The van der Waals surface area contributed by atoms with Gasteiger partial charge in [-0.1, -0.05) is 0 Å². The number of aryl methyl sites for hydroxylation is 2. The molecule has 0 saturated carbocycles. The van der Waals surface area contributed by atoms with Crippen molar-refractivity contribution in [3.8, 4) is 11.5 Å². The highest BCUT2D eigenvalue weighted by atomic mass is 35.5. The molecule has 0 radical (unpaired) electrons. The third-order valence-electron chi connectivity index (χ3n) is 4.37. The Hall–Kier alpha value is -1.97. The molecular formula is C17H20Cl2F3N5O. The summed E-state index contributed by atoms with van der Waals surface area (Å²) < 4.78 is 48.0. The maximum absolute atomic E-state index is 13.2. The predicted octanol–water partition coefficient (Wildman–Crippen LogP) is 4.05. The summed E-state index contributed by atoms with van der Waals surface area (Å²) in [7, 11) is 0.